The number of aromatic nitrogens is 1. The van der Waals surface area contributed by atoms with Gasteiger partial charge in [-0.1, -0.05) is 6.07 Å². The molecule has 0 atom stereocenters. The molecule has 0 saturated carbocycles. The zero-order valence-electron chi connectivity index (χ0n) is 11.7. The molecule has 0 spiro atoms. The van der Waals surface area contributed by atoms with Crippen molar-refractivity contribution in [2.24, 2.45) is 0 Å². The van der Waals surface area contributed by atoms with Crippen molar-refractivity contribution in [2.75, 3.05) is 12.2 Å². The molecule has 0 aliphatic carbocycles. The van der Waals surface area contributed by atoms with Crippen LogP contribution in [0.25, 0.3) is 11.3 Å². The Labute approximate surface area is 140 Å². The second-order valence-electron chi connectivity index (χ2n) is 4.28. The van der Waals surface area contributed by atoms with Gasteiger partial charge in [0, 0.05) is 6.54 Å². The van der Waals surface area contributed by atoms with E-state index in [4.69, 9.17) is 4.74 Å². The van der Waals surface area contributed by atoms with Crippen molar-refractivity contribution in [2.45, 2.75) is 13.5 Å². The maximum absolute atomic E-state index is 14.3. The molecule has 0 aliphatic heterocycles. The van der Waals surface area contributed by atoms with Crippen LogP contribution in [-0.4, -0.2) is 16.8 Å². The van der Waals surface area contributed by atoms with Crippen molar-refractivity contribution in [1.82, 2.24) is 4.57 Å². The Bertz CT molecular complexity index is 703. The fraction of sp³-hybridized carbons (Fsp3) is 0.267. The van der Waals surface area contributed by atoms with E-state index in [9.17, 15) is 9.18 Å². The molecule has 0 N–H and O–H groups in total. The van der Waals surface area contributed by atoms with E-state index in [1.807, 2.05) is 35.8 Å². The first-order chi connectivity index (χ1) is 10.1. The van der Waals surface area contributed by atoms with Gasteiger partial charge in [-0.3, -0.25) is 4.79 Å². The zero-order chi connectivity index (χ0) is 15.4. The Morgan fingerprint density at radius 1 is 1.33 bits per heavy atom. The molecule has 0 aliphatic rings. The van der Waals surface area contributed by atoms with Gasteiger partial charge < -0.3 is 9.30 Å². The molecule has 0 unspecified atom stereocenters. The minimum absolute atomic E-state index is 0.116. The first kappa shape index (κ1) is 16.4. The number of rotatable bonds is 5. The normalized spacial score (nSPS) is 10.7. The highest BCUT2D eigenvalue weighted by molar-refractivity contribution is 14.1. The molecule has 112 valence electrons. The summed E-state index contributed by atoms with van der Waals surface area (Å²) >= 11 is 3.50. The van der Waals surface area contributed by atoms with Crippen LogP contribution in [0.1, 0.15) is 6.92 Å². The number of ether oxygens (including phenoxy) is 1. The number of thioether (sulfide) groups is 1. The molecule has 2 rings (SSSR count). The lowest BCUT2D eigenvalue weighted by Gasteiger charge is -2.16. The van der Waals surface area contributed by atoms with Crippen LogP contribution in [0.15, 0.2) is 35.1 Å². The second-order valence-corrected chi connectivity index (χ2v) is 6.26. The minimum Gasteiger partial charge on any atom is -0.482 e. The van der Waals surface area contributed by atoms with E-state index in [1.54, 1.807) is 28.8 Å². The summed E-state index contributed by atoms with van der Waals surface area (Å²) in [5.41, 5.74) is 0.758. The summed E-state index contributed by atoms with van der Waals surface area (Å²) in [5, 5.41) is 0. The predicted molar refractivity (Wildman–Crippen MR) is 93.5 cm³/mol. The molecule has 6 heteroatoms. The first-order valence-corrected chi connectivity index (χ1v) is 8.87. The number of benzene rings is 1. The number of halogens is 2. The van der Waals surface area contributed by atoms with E-state index in [2.05, 4.69) is 0 Å². The Hall–Kier alpha value is -1.02. The van der Waals surface area contributed by atoms with E-state index in [1.165, 1.54) is 17.8 Å². The van der Waals surface area contributed by atoms with Crippen LogP contribution in [0.3, 0.4) is 0 Å². The molecule has 0 radical (unpaired) electrons. The highest BCUT2D eigenvalue weighted by Crippen LogP contribution is 2.32. The largest absolute Gasteiger partial charge is 0.482 e. The molecule has 0 bridgehead atoms. The van der Waals surface area contributed by atoms with Gasteiger partial charge in [-0.15, -0.1) is 11.8 Å². The summed E-state index contributed by atoms with van der Waals surface area (Å²) in [6.07, 6.45) is 1.91. The van der Waals surface area contributed by atoms with E-state index in [-0.39, 0.29) is 5.56 Å². The van der Waals surface area contributed by atoms with Gasteiger partial charge in [0.15, 0.2) is 0 Å². The Balaban J connectivity index is 2.67. The fourth-order valence-electron chi connectivity index (χ4n) is 2.08. The summed E-state index contributed by atoms with van der Waals surface area (Å²) in [4.78, 5) is 12.2. The molecule has 0 saturated heterocycles. The average molecular weight is 419 g/mol. The smallest absolute Gasteiger partial charge is 0.264 e. The van der Waals surface area contributed by atoms with Crippen LogP contribution >= 0.6 is 34.4 Å². The monoisotopic (exact) mass is 419 g/mol. The summed E-state index contributed by atoms with van der Waals surface area (Å²) in [6, 6.07) is 8.17. The lowest BCUT2D eigenvalue weighted by molar-refractivity contribution is 0.392. The second kappa shape index (κ2) is 7.31. The topological polar surface area (TPSA) is 31.2 Å². The molecule has 3 nitrogen and oxygen atoms in total. The number of hydrogen-bond donors (Lipinski definition) is 0. The molecule has 1 aromatic heterocycles. The number of nitrogens with zero attached hydrogens (tertiary/aromatic N) is 1. The third-order valence-electron chi connectivity index (χ3n) is 3.01. The maximum Gasteiger partial charge on any atom is 0.264 e. The highest BCUT2D eigenvalue weighted by atomic mass is 127. The maximum atomic E-state index is 14.3. The fourth-order valence-corrected chi connectivity index (χ4v) is 2.80. The van der Waals surface area contributed by atoms with Gasteiger partial charge >= 0.3 is 0 Å². The van der Waals surface area contributed by atoms with Crippen LogP contribution in [0.2, 0.25) is 0 Å². The third-order valence-corrected chi connectivity index (χ3v) is 4.18. The van der Waals surface area contributed by atoms with Gasteiger partial charge in [0.25, 0.3) is 5.56 Å². The summed E-state index contributed by atoms with van der Waals surface area (Å²) in [6.45, 7) is 2.34. The van der Waals surface area contributed by atoms with Gasteiger partial charge in [0.2, 0.25) is 0 Å². The van der Waals surface area contributed by atoms with Gasteiger partial charge in [-0.25, -0.2) is 4.39 Å². The quantitative estimate of drug-likeness (QED) is 0.543. The van der Waals surface area contributed by atoms with Gasteiger partial charge in [-0.05, 0) is 60.0 Å². The predicted octanol–water partition coefficient (Wildman–Crippen LogP) is 3.98. The molecule has 1 aromatic carbocycles. The van der Waals surface area contributed by atoms with Crippen molar-refractivity contribution >= 4 is 34.4 Å². The minimum atomic E-state index is -0.392. The number of pyridine rings is 1. The summed E-state index contributed by atoms with van der Waals surface area (Å²) < 4.78 is 22.1. The van der Waals surface area contributed by atoms with Crippen molar-refractivity contribution in [1.29, 1.82) is 0 Å². The zero-order valence-corrected chi connectivity index (χ0v) is 14.7. The lowest BCUT2D eigenvalue weighted by atomic mass is 10.1. The first-order valence-electron chi connectivity index (χ1n) is 6.40. The van der Waals surface area contributed by atoms with Gasteiger partial charge in [0.1, 0.15) is 17.5 Å². The standard InChI is InChI=1S/C15H15FINO2S/c1-3-18-12(8-7-11(17)15(18)19)14-10(16)5-4-6-13(14)20-9-21-2/h4-8H,3,9H2,1-2H3. The van der Waals surface area contributed by atoms with E-state index in [0.29, 0.717) is 33.1 Å². The summed E-state index contributed by atoms with van der Waals surface area (Å²) in [7, 11) is 0. The van der Waals surface area contributed by atoms with Crippen molar-refractivity contribution in [3.8, 4) is 17.0 Å². The van der Waals surface area contributed by atoms with Crippen LogP contribution < -0.4 is 10.3 Å². The molecular weight excluding hydrogens is 404 g/mol. The summed E-state index contributed by atoms with van der Waals surface area (Å²) in [5.74, 6) is 0.487. The van der Waals surface area contributed by atoms with Gasteiger partial charge in [-0.2, -0.15) is 0 Å². The molecule has 0 amide bonds. The van der Waals surface area contributed by atoms with Crippen LogP contribution in [-0.2, 0) is 6.54 Å². The van der Waals surface area contributed by atoms with Crippen molar-refractivity contribution in [3.63, 3.8) is 0 Å². The van der Waals surface area contributed by atoms with E-state index < -0.39 is 5.82 Å². The van der Waals surface area contributed by atoms with Crippen molar-refractivity contribution < 1.29 is 9.13 Å². The number of hydrogen-bond acceptors (Lipinski definition) is 3. The Morgan fingerprint density at radius 3 is 2.76 bits per heavy atom. The average Bonchev–Trinajstić information content (AvgIpc) is 2.48. The molecule has 1 heterocycles. The molecule has 21 heavy (non-hydrogen) atoms. The van der Waals surface area contributed by atoms with E-state index >= 15 is 0 Å². The molecule has 2 aromatic rings. The highest BCUT2D eigenvalue weighted by Gasteiger charge is 2.16. The Morgan fingerprint density at radius 2 is 2.10 bits per heavy atom. The third kappa shape index (κ3) is 3.42. The van der Waals surface area contributed by atoms with Crippen LogP contribution in [0, 0.1) is 9.39 Å². The van der Waals surface area contributed by atoms with Gasteiger partial charge in [0.05, 0.1) is 14.8 Å². The van der Waals surface area contributed by atoms with Crippen LogP contribution in [0.5, 0.6) is 5.75 Å². The molecule has 0 fully saturated rings. The SMILES string of the molecule is CCn1c(-c2c(F)cccc2OCSC)ccc(I)c1=O. The Kier molecular flexibility index (Phi) is 5.69. The van der Waals surface area contributed by atoms with E-state index in [0.717, 1.165) is 0 Å². The van der Waals surface area contributed by atoms with Crippen molar-refractivity contribution in [3.05, 3.63) is 50.1 Å². The van der Waals surface area contributed by atoms with Crippen LogP contribution in [0.4, 0.5) is 4.39 Å². The lowest BCUT2D eigenvalue weighted by Crippen LogP contribution is -2.23. The molecular formula is C15H15FINO2S.